The summed E-state index contributed by atoms with van der Waals surface area (Å²) < 4.78 is 17.9. The van der Waals surface area contributed by atoms with Gasteiger partial charge in [-0.05, 0) is 46.7 Å². The zero-order valence-electron chi connectivity index (χ0n) is 13.3. The van der Waals surface area contributed by atoms with Crippen molar-refractivity contribution < 1.29 is 13.3 Å². The molecule has 122 valence electrons. The lowest BCUT2D eigenvalue weighted by atomic mass is 10.3. The van der Waals surface area contributed by atoms with Crippen LogP contribution in [0.15, 0.2) is 0 Å². The van der Waals surface area contributed by atoms with Crippen molar-refractivity contribution in [3.05, 3.63) is 0 Å². The first-order valence-electron chi connectivity index (χ1n) is 7.70. The van der Waals surface area contributed by atoms with Gasteiger partial charge in [0.05, 0.1) is 0 Å². The van der Waals surface area contributed by atoms with Crippen LogP contribution in [-0.2, 0) is 13.3 Å². The van der Waals surface area contributed by atoms with Gasteiger partial charge in [-0.2, -0.15) is 0 Å². The number of hydrogen-bond acceptors (Lipinski definition) is 6. The van der Waals surface area contributed by atoms with Crippen LogP contribution in [-0.4, -0.2) is 54.3 Å². The van der Waals surface area contributed by atoms with Crippen molar-refractivity contribution in [3.63, 3.8) is 0 Å². The highest BCUT2D eigenvalue weighted by Gasteiger charge is 2.41. The van der Waals surface area contributed by atoms with Gasteiger partial charge in [-0.1, -0.05) is 0 Å². The maximum atomic E-state index is 6.13. The Morgan fingerprint density at radius 2 is 1.70 bits per heavy atom. The van der Waals surface area contributed by atoms with Crippen LogP contribution in [0.3, 0.4) is 0 Å². The molecule has 0 rings (SSSR count). The fourth-order valence-electron chi connectivity index (χ4n) is 2.01. The maximum Gasteiger partial charge on any atom is 0.501 e. The second-order valence-corrected chi connectivity index (χ2v) is 7.38. The van der Waals surface area contributed by atoms with E-state index < -0.39 is 8.80 Å². The molecule has 0 aromatic carbocycles. The van der Waals surface area contributed by atoms with Gasteiger partial charge in [-0.25, -0.2) is 0 Å². The van der Waals surface area contributed by atoms with E-state index in [0.29, 0.717) is 26.3 Å². The van der Waals surface area contributed by atoms with E-state index in [1.54, 1.807) is 0 Å². The molecule has 0 aliphatic rings. The Labute approximate surface area is 124 Å². The van der Waals surface area contributed by atoms with Gasteiger partial charge in [0.25, 0.3) is 0 Å². The van der Waals surface area contributed by atoms with E-state index in [0.717, 1.165) is 32.0 Å². The minimum Gasteiger partial charge on any atom is -0.374 e. The molecule has 20 heavy (non-hydrogen) atoms. The molecule has 7 heteroatoms. The molecule has 0 aliphatic heterocycles. The lowest BCUT2D eigenvalue weighted by Crippen LogP contribution is -2.48. The van der Waals surface area contributed by atoms with Crippen LogP contribution in [0.5, 0.6) is 0 Å². The highest BCUT2D eigenvalue weighted by atomic mass is 28.4. The number of hydrogen-bond donors (Lipinski definition) is 3. The van der Waals surface area contributed by atoms with Crippen LogP contribution >= 0.6 is 0 Å². The van der Waals surface area contributed by atoms with Gasteiger partial charge < -0.3 is 30.1 Å². The monoisotopic (exact) mass is 307 g/mol. The Kier molecular flexibility index (Phi) is 12.7. The fourth-order valence-corrected chi connectivity index (χ4v) is 4.86. The average Bonchev–Trinajstić information content (AvgIpc) is 2.39. The summed E-state index contributed by atoms with van der Waals surface area (Å²) >= 11 is 0. The minimum atomic E-state index is -2.58. The predicted molar refractivity (Wildman–Crippen MR) is 84.6 cm³/mol. The van der Waals surface area contributed by atoms with Crippen LogP contribution < -0.4 is 16.8 Å². The quantitative estimate of drug-likeness (QED) is 0.323. The third-order valence-electron chi connectivity index (χ3n) is 2.84. The Balaban J connectivity index is 4.40. The van der Waals surface area contributed by atoms with Gasteiger partial charge in [0.15, 0.2) is 0 Å². The predicted octanol–water partition coefficient (Wildman–Crippen LogP) is 0.691. The summed E-state index contributed by atoms with van der Waals surface area (Å²) in [5, 5.41) is 3.28. The molecule has 6 nitrogen and oxygen atoms in total. The van der Waals surface area contributed by atoms with E-state index in [1.165, 1.54) is 0 Å². The van der Waals surface area contributed by atoms with Gasteiger partial charge >= 0.3 is 8.80 Å². The first kappa shape index (κ1) is 20.0. The van der Waals surface area contributed by atoms with E-state index in [1.807, 2.05) is 20.8 Å². The first-order chi connectivity index (χ1) is 9.64. The summed E-state index contributed by atoms with van der Waals surface area (Å²) in [6, 6.07) is 0.821. The molecule has 0 aliphatic carbocycles. The molecule has 0 radical (unpaired) electrons. The molecule has 0 bridgehead atoms. The molecule has 0 fully saturated rings. The number of nitrogens with one attached hydrogen (secondary N) is 1. The molecule has 0 saturated carbocycles. The summed E-state index contributed by atoms with van der Waals surface area (Å²) in [5.41, 5.74) is 11.0. The molecule has 0 amide bonds. The van der Waals surface area contributed by atoms with Crippen LogP contribution in [0.1, 0.15) is 33.6 Å². The molecule has 1 unspecified atom stereocenters. The minimum absolute atomic E-state index is 0.0711. The molecule has 0 aromatic heterocycles. The van der Waals surface area contributed by atoms with Crippen LogP contribution in [0.4, 0.5) is 0 Å². The summed E-state index contributed by atoms with van der Waals surface area (Å²) in [6.07, 6.45) is 1.85. The third kappa shape index (κ3) is 9.01. The SMILES string of the molecule is CCO[Si](CCCNCCN)(OCC)OC(C)CCN. The standard InChI is InChI=1S/C13H33N3O3Si/c1-4-17-20(18-5-2,19-13(3)7-8-14)12-6-10-16-11-9-15/h13,16H,4-12,14-15H2,1-3H3. The van der Waals surface area contributed by atoms with E-state index in [2.05, 4.69) is 5.32 Å². The Morgan fingerprint density at radius 3 is 2.20 bits per heavy atom. The molecular weight excluding hydrogens is 274 g/mol. The van der Waals surface area contributed by atoms with Gasteiger partial charge in [0.2, 0.25) is 0 Å². The molecule has 0 saturated heterocycles. The van der Waals surface area contributed by atoms with Crippen molar-refractivity contribution >= 4 is 8.80 Å². The molecule has 5 N–H and O–H groups in total. The van der Waals surface area contributed by atoms with Gasteiger partial charge in [-0.3, -0.25) is 0 Å². The van der Waals surface area contributed by atoms with Crippen molar-refractivity contribution in [1.82, 2.24) is 5.32 Å². The second kappa shape index (κ2) is 12.7. The molecule has 0 heterocycles. The van der Waals surface area contributed by atoms with Crippen LogP contribution in [0.2, 0.25) is 6.04 Å². The molecule has 1 atom stereocenters. The van der Waals surface area contributed by atoms with Crippen molar-refractivity contribution in [3.8, 4) is 0 Å². The summed E-state index contributed by atoms with van der Waals surface area (Å²) in [7, 11) is -2.58. The molecular formula is C13H33N3O3Si. The molecule has 0 aromatic rings. The Hall–Kier alpha value is -0.0231. The van der Waals surface area contributed by atoms with Gasteiger partial charge in [-0.15, -0.1) is 0 Å². The first-order valence-corrected chi connectivity index (χ1v) is 9.63. The third-order valence-corrected chi connectivity index (χ3v) is 6.02. The van der Waals surface area contributed by atoms with Crippen molar-refractivity contribution in [2.24, 2.45) is 11.5 Å². The zero-order valence-corrected chi connectivity index (χ0v) is 14.3. The Bertz CT molecular complexity index is 217. The van der Waals surface area contributed by atoms with E-state index in [-0.39, 0.29) is 6.10 Å². The van der Waals surface area contributed by atoms with Gasteiger partial charge in [0.1, 0.15) is 0 Å². The van der Waals surface area contributed by atoms with E-state index >= 15 is 0 Å². The average molecular weight is 308 g/mol. The largest absolute Gasteiger partial charge is 0.501 e. The normalized spacial score (nSPS) is 13.7. The second-order valence-electron chi connectivity index (χ2n) is 4.70. The van der Waals surface area contributed by atoms with Crippen LogP contribution in [0, 0.1) is 0 Å². The molecule has 0 spiro atoms. The smallest absolute Gasteiger partial charge is 0.374 e. The lowest BCUT2D eigenvalue weighted by Gasteiger charge is -2.31. The van der Waals surface area contributed by atoms with Gasteiger partial charge in [0, 0.05) is 38.5 Å². The maximum absolute atomic E-state index is 6.13. The lowest BCUT2D eigenvalue weighted by molar-refractivity contribution is 0.0361. The summed E-state index contributed by atoms with van der Waals surface area (Å²) in [6.45, 7) is 10.2. The highest BCUT2D eigenvalue weighted by molar-refractivity contribution is 6.60. The number of rotatable bonds is 14. The summed E-state index contributed by atoms with van der Waals surface area (Å²) in [4.78, 5) is 0. The topological polar surface area (TPSA) is 91.8 Å². The highest BCUT2D eigenvalue weighted by Crippen LogP contribution is 2.20. The van der Waals surface area contributed by atoms with E-state index in [4.69, 9.17) is 24.7 Å². The van der Waals surface area contributed by atoms with E-state index in [9.17, 15) is 0 Å². The number of nitrogens with two attached hydrogens (primary N) is 2. The van der Waals surface area contributed by atoms with Crippen molar-refractivity contribution in [2.45, 2.75) is 45.8 Å². The fraction of sp³-hybridized carbons (Fsp3) is 1.00. The van der Waals surface area contributed by atoms with Crippen molar-refractivity contribution in [1.29, 1.82) is 0 Å². The Morgan fingerprint density at radius 1 is 1.05 bits per heavy atom. The summed E-state index contributed by atoms with van der Waals surface area (Å²) in [5.74, 6) is 0. The van der Waals surface area contributed by atoms with Crippen LogP contribution in [0.25, 0.3) is 0 Å². The van der Waals surface area contributed by atoms with Crippen molar-refractivity contribution in [2.75, 3.05) is 39.4 Å². The zero-order chi connectivity index (χ0) is 15.3.